The zero-order valence-corrected chi connectivity index (χ0v) is 21.3. The highest BCUT2D eigenvalue weighted by Gasteiger charge is 2.42. The molecule has 3 nitrogen and oxygen atoms in total. The minimum atomic E-state index is -4.89. The summed E-state index contributed by atoms with van der Waals surface area (Å²) in [6, 6.07) is 6.46. The first-order valence-corrected chi connectivity index (χ1v) is 12.3. The van der Waals surface area contributed by atoms with Crippen LogP contribution in [-0.2, 0) is 19.0 Å². The molecule has 1 unspecified atom stereocenters. The molecule has 0 aliphatic heterocycles. The van der Waals surface area contributed by atoms with Crippen LogP contribution in [0.25, 0.3) is 11.1 Å². The number of carbonyl (C=O) groups is 1. The van der Waals surface area contributed by atoms with Crippen molar-refractivity contribution in [1.29, 1.82) is 0 Å². The first-order chi connectivity index (χ1) is 19.7. The SMILES string of the molecule is CC1Cc2ccc(C(=O)Oc3cc(F)c(-c4cc(F)c(C(F)(F)Oc5cc(F)c(F)c(F)c5)c(F)c4)c(F)c3)cc2C1. The summed E-state index contributed by atoms with van der Waals surface area (Å²) in [4.78, 5) is 12.6. The van der Waals surface area contributed by atoms with Gasteiger partial charge in [-0.25, -0.2) is 35.5 Å². The monoisotopic (exact) mass is 596 g/mol. The molecule has 0 spiro atoms. The van der Waals surface area contributed by atoms with Crippen LogP contribution in [0.15, 0.2) is 54.6 Å². The number of hydrogen-bond acceptors (Lipinski definition) is 3. The maximum absolute atomic E-state index is 14.9. The zero-order chi connectivity index (χ0) is 30.5. The number of rotatable bonds is 6. The van der Waals surface area contributed by atoms with Gasteiger partial charge in [-0.2, -0.15) is 8.78 Å². The third-order valence-electron chi connectivity index (χ3n) is 6.63. The molecule has 0 radical (unpaired) electrons. The van der Waals surface area contributed by atoms with Gasteiger partial charge in [0.2, 0.25) is 0 Å². The molecule has 1 aliphatic rings. The third-order valence-corrected chi connectivity index (χ3v) is 6.63. The molecular weight excluding hydrogens is 579 g/mol. The number of hydrogen-bond donors (Lipinski definition) is 0. The lowest BCUT2D eigenvalue weighted by Crippen LogP contribution is -2.25. The average molecular weight is 596 g/mol. The standard InChI is InChI=1S/C30H17F9O3/c1-13-4-14-2-3-15(6-16(14)5-13)29(40)41-18-9-20(31)26(21(32)10-18)17-7-22(33)27(23(34)8-17)30(38,39)42-19-11-24(35)28(37)25(36)12-19/h2-3,6-13H,4-5H2,1H3. The number of benzene rings is 4. The summed E-state index contributed by atoms with van der Waals surface area (Å²) < 4.78 is 137. The lowest BCUT2D eigenvalue weighted by atomic mass is 10.0. The second kappa shape index (κ2) is 10.7. The van der Waals surface area contributed by atoms with Crippen LogP contribution in [0.4, 0.5) is 39.5 Å². The van der Waals surface area contributed by atoms with Gasteiger partial charge in [0.1, 0.15) is 40.3 Å². The fourth-order valence-electron chi connectivity index (χ4n) is 4.80. The van der Waals surface area contributed by atoms with Crippen LogP contribution >= 0.6 is 0 Å². The molecule has 0 heterocycles. The number of halogens is 9. The highest BCUT2D eigenvalue weighted by molar-refractivity contribution is 5.91. The molecule has 1 aliphatic carbocycles. The number of esters is 1. The maximum atomic E-state index is 14.9. The van der Waals surface area contributed by atoms with E-state index in [1.54, 1.807) is 12.1 Å². The van der Waals surface area contributed by atoms with Gasteiger partial charge < -0.3 is 9.47 Å². The van der Waals surface area contributed by atoms with Crippen molar-refractivity contribution in [3.63, 3.8) is 0 Å². The third kappa shape index (κ3) is 5.53. The van der Waals surface area contributed by atoms with E-state index >= 15 is 0 Å². The van der Waals surface area contributed by atoms with Gasteiger partial charge in [-0.3, -0.25) is 0 Å². The van der Waals surface area contributed by atoms with Crippen molar-refractivity contribution < 1.29 is 53.8 Å². The van der Waals surface area contributed by atoms with E-state index in [1.807, 2.05) is 6.92 Å². The van der Waals surface area contributed by atoms with Crippen molar-refractivity contribution in [2.45, 2.75) is 25.9 Å². The Morgan fingerprint density at radius 2 is 1.26 bits per heavy atom. The number of fused-ring (bicyclic) bond motifs is 1. The molecule has 0 aromatic heterocycles. The molecular formula is C30H17F9O3. The van der Waals surface area contributed by atoms with Gasteiger partial charge in [-0.1, -0.05) is 13.0 Å². The minimum Gasteiger partial charge on any atom is -0.429 e. The predicted octanol–water partition coefficient (Wildman–Crippen LogP) is 8.41. The number of alkyl halides is 2. The first kappa shape index (κ1) is 29.0. The Labute approximate surface area is 232 Å². The van der Waals surface area contributed by atoms with Gasteiger partial charge in [-0.05, 0) is 59.7 Å². The van der Waals surface area contributed by atoms with E-state index in [0.29, 0.717) is 18.1 Å². The summed E-state index contributed by atoms with van der Waals surface area (Å²) in [6.45, 7) is 2.05. The highest BCUT2D eigenvalue weighted by Crippen LogP contribution is 2.39. The zero-order valence-electron chi connectivity index (χ0n) is 21.3. The summed E-state index contributed by atoms with van der Waals surface area (Å²) in [5, 5.41) is 0. The Kier molecular flexibility index (Phi) is 7.42. The maximum Gasteiger partial charge on any atom is 0.432 e. The van der Waals surface area contributed by atoms with Crippen LogP contribution in [-0.4, -0.2) is 5.97 Å². The summed E-state index contributed by atoms with van der Waals surface area (Å²) in [5.74, 6) is -15.1. The second-order valence-corrected chi connectivity index (χ2v) is 9.78. The van der Waals surface area contributed by atoms with E-state index in [2.05, 4.69) is 4.74 Å². The highest BCUT2D eigenvalue weighted by atomic mass is 19.3. The minimum absolute atomic E-state index is 0.0282. The smallest absolute Gasteiger partial charge is 0.429 e. The topological polar surface area (TPSA) is 35.5 Å². The Hall–Kier alpha value is -4.48. The molecule has 0 bridgehead atoms. The van der Waals surface area contributed by atoms with Gasteiger partial charge >= 0.3 is 12.1 Å². The van der Waals surface area contributed by atoms with Crippen molar-refractivity contribution in [3.8, 4) is 22.6 Å². The fourth-order valence-corrected chi connectivity index (χ4v) is 4.80. The first-order valence-electron chi connectivity index (χ1n) is 12.3. The average Bonchev–Trinajstić information content (AvgIpc) is 3.25. The molecule has 4 aromatic rings. The van der Waals surface area contributed by atoms with E-state index in [-0.39, 0.29) is 29.8 Å². The Bertz CT molecular complexity index is 1670. The van der Waals surface area contributed by atoms with Crippen LogP contribution in [0.3, 0.4) is 0 Å². The molecule has 218 valence electrons. The lowest BCUT2D eigenvalue weighted by Gasteiger charge is -2.20. The molecule has 0 saturated heterocycles. The van der Waals surface area contributed by atoms with Crippen molar-refractivity contribution in [2.24, 2.45) is 5.92 Å². The van der Waals surface area contributed by atoms with Crippen molar-refractivity contribution in [3.05, 3.63) is 118 Å². The van der Waals surface area contributed by atoms with Crippen LogP contribution in [0, 0.1) is 46.6 Å². The van der Waals surface area contributed by atoms with Crippen LogP contribution in [0.5, 0.6) is 11.5 Å². The fraction of sp³-hybridized carbons (Fsp3) is 0.167. The molecule has 5 rings (SSSR count). The Balaban J connectivity index is 1.40. The van der Waals surface area contributed by atoms with Gasteiger partial charge in [0, 0.05) is 24.3 Å². The van der Waals surface area contributed by atoms with Gasteiger partial charge in [0.05, 0.1) is 11.1 Å². The van der Waals surface area contributed by atoms with Crippen LogP contribution in [0.1, 0.15) is 34.0 Å². The van der Waals surface area contributed by atoms with E-state index < -0.39 is 81.0 Å². The molecule has 42 heavy (non-hydrogen) atoms. The molecule has 4 aromatic carbocycles. The predicted molar refractivity (Wildman–Crippen MR) is 131 cm³/mol. The summed E-state index contributed by atoms with van der Waals surface area (Å²) in [6.07, 6.45) is -3.29. The van der Waals surface area contributed by atoms with Crippen molar-refractivity contribution >= 4 is 5.97 Å². The second-order valence-electron chi connectivity index (χ2n) is 9.78. The largest absolute Gasteiger partial charge is 0.432 e. The molecule has 0 amide bonds. The molecule has 0 saturated carbocycles. The Morgan fingerprint density at radius 1 is 0.714 bits per heavy atom. The van der Waals surface area contributed by atoms with Gasteiger partial charge in [0.25, 0.3) is 0 Å². The quantitative estimate of drug-likeness (QED) is 0.0971. The van der Waals surface area contributed by atoms with Gasteiger partial charge in [-0.15, -0.1) is 0 Å². The van der Waals surface area contributed by atoms with Gasteiger partial charge in [0.15, 0.2) is 17.5 Å². The summed E-state index contributed by atoms with van der Waals surface area (Å²) >= 11 is 0. The van der Waals surface area contributed by atoms with Crippen molar-refractivity contribution in [2.75, 3.05) is 0 Å². The molecule has 12 heteroatoms. The lowest BCUT2D eigenvalue weighted by molar-refractivity contribution is -0.189. The normalized spacial score (nSPS) is 14.6. The summed E-state index contributed by atoms with van der Waals surface area (Å²) in [7, 11) is 0. The van der Waals surface area contributed by atoms with E-state index in [0.717, 1.165) is 24.0 Å². The van der Waals surface area contributed by atoms with E-state index in [1.165, 1.54) is 6.07 Å². The van der Waals surface area contributed by atoms with E-state index in [4.69, 9.17) is 4.74 Å². The molecule has 0 fully saturated rings. The van der Waals surface area contributed by atoms with E-state index in [9.17, 15) is 44.3 Å². The number of carbonyl (C=O) groups excluding carboxylic acids is 1. The number of ether oxygens (including phenoxy) is 2. The van der Waals surface area contributed by atoms with Crippen LogP contribution in [0.2, 0.25) is 0 Å². The molecule has 1 atom stereocenters. The van der Waals surface area contributed by atoms with Crippen molar-refractivity contribution in [1.82, 2.24) is 0 Å². The molecule has 0 N–H and O–H groups in total. The van der Waals surface area contributed by atoms with Crippen LogP contribution < -0.4 is 9.47 Å². The summed E-state index contributed by atoms with van der Waals surface area (Å²) in [5.41, 5.74) is -1.76. The Morgan fingerprint density at radius 3 is 1.86 bits per heavy atom.